The number of aromatic nitrogens is 1. The van der Waals surface area contributed by atoms with Gasteiger partial charge in [-0.3, -0.25) is 4.79 Å². The third-order valence-corrected chi connectivity index (χ3v) is 4.42. The van der Waals surface area contributed by atoms with Gasteiger partial charge in [-0.25, -0.2) is 4.98 Å². The van der Waals surface area contributed by atoms with Crippen LogP contribution in [0.25, 0.3) is 0 Å². The van der Waals surface area contributed by atoms with Crippen LogP contribution in [0.3, 0.4) is 0 Å². The fourth-order valence-electron chi connectivity index (χ4n) is 2.96. The largest absolute Gasteiger partial charge is 0.493 e. The van der Waals surface area contributed by atoms with Gasteiger partial charge >= 0.3 is 0 Å². The maximum absolute atomic E-state index is 12.2. The molecule has 0 radical (unpaired) electrons. The van der Waals surface area contributed by atoms with E-state index in [9.17, 15) is 4.79 Å². The van der Waals surface area contributed by atoms with E-state index in [2.05, 4.69) is 15.6 Å². The molecule has 0 atom stereocenters. The van der Waals surface area contributed by atoms with E-state index in [1.807, 2.05) is 55.5 Å². The summed E-state index contributed by atoms with van der Waals surface area (Å²) in [5.74, 6) is 1.83. The molecular weight excluding hydrogens is 366 g/mol. The molecule has 1 heterocycles. The number of amides is 1. The topological polar surface area (TPSA) is 72.5 Å². The van der Waals surface area contributed by atoms with Crippen molar-refractivity contribution in [2.45, 2.75) is 19.9 Å². The van der Waals surface area contributed by atoms with Crippen LogP contribution in [0.5, 0.6) is 11.5 Å². The number of anilines is 2. The number of nitrogens with one attached hydrogen (secondary N) is 2. The molecule has 2 aromatic carbocycles. The van der Waals surface area contributed by atoms with Gasteiger partial charge in [0.1, 0.15) is 5.82 Å². The molecule has 0 aliphatic carbocycles. The van der Waals surface area contributed by atoms with Crippen molar-refractivity contribution in [1.29, 1.82) is 0 Å². The maximum Gasteiger partial charge on any atom is 0.229 e. The first kappa shape index (κ1) is 20.2. The van der Waals surface area contributed by atoms with Crippen LogP contribution in [0, 0.1) is 6.92 Å². The summed E-state index contributed by atoms with van der Waals surface area (Å²) in [7, 11) is 3.23. The Hall–Kier alpha value is -3.54. The summed E-state index contributed by atoms with van der Waals surface area (Å²) >= 11 is 0. The van der Waals surface area contributed by atoms with Crippen LogP contribution in [0.2, 0.25) is 0 Å². The van der Waals surface area contributed by atoms with Crippen molar-refractivity contribution >= 4 is 17.4 Å². The van der Waals surface area contributed by atoms with Crippen molar-refractivity contribution in [3.05, 3.63) is 77.5 Å². The second kappa shape index (κ2) is 9.59. The minimum Gasteiger partial charge on any atom is -0.493 e. The standard InChI is InChI=1S/C23H25N3O3/c1-16-5-4-6-17(11-16)13-23(27)26-22-10-8-19(15-25-22)24-14-18-7-9-20(28-2)21(12-18)29-3/h4-12,15,24H,13-14H2,1-3H3,(H,25,26,27). The van der Waals surface area contributed by atoms with Crippen molar-refractivity contribution in [3.8, 4) is 11.5 Å². The molecule has 6 heteroatoms. The summed E-state index contributed by atoms with van der Waals surface area (Å²) in [6.07, 6.45) is 2.02. The third kappa shape index (κ3) is 5.72. The van der Waals surface area contributed by atoms with Crippen LogP contribution >= 0.6 is 0 Å². The highest BCUT2D eigenvalue weighted by Crippen LogP contribution is 2.27. The Morgan fingerprint density at radius 1 is 0.966 bits per heavy atom. The van der Waals surface area contributed by atoms with Gasteiger partial charge in [0.15, 0.2) is 11.5 Å². The first-order valence-electron chi connectivity index (χ1n) is 9.33. The lowest BCUT2D eigenvalue weighted by Gasteiger charge is -2.11. The molecule has 0 spiro atoms. The fraction of sp³-hybridized carbons (Fsp3) is 0.217. The van der Waals surface area contributed by atoms with Crippen molar-refractivity contribution in [1.82, 2.24) is 4.98 Å². The number of carbonyl (C=O) groups is 1. The Kier molecular flexibility index (Phi) is 6.68. The molecule has 0 saturated heterocycles. The lowest BCUT2D eigenvalue weighted by molar-refractivity contribution is -0.115. The number of pyridine rings is 1. The second-order valence-electron chi connectivity index (χ2n) is 6.69. The third-order valence-electron chi connectivity index (χ3n) is 4.42. The molecule has 3 aromatic rings. The molecule has 3 rings (SSSR count). The van der Waals surface area contributed by atoms with E-state index in [0.717, 1.165) is 22.4 Å². The Bertz CT molecular complexity index is 971. The second-order valence-corrected chi connectivity index (χ2v) is 6.69. The number of hydrogen-bond donors (Lipinski definition) is 2. The van der Waals surface area contributed by atoms with Crippen LogP contribution in [-0.4, -0.2) is 25.1 Å². The van der Waals surface area contributed by atoms with Crippen LogP contribution in [0.1, 0.15) is 16.7 Å². The summed E-state index contributed by atoms with van der Waals surface area (Å²) in [4.78, 5) is 16.5. The molecule has 0 bridgehead atoms. The molecule has 6 nitrogen and oxygen atoms in total. The summed E-state index contributed by atoms with van der Waals surface area (Å²) in [6, 6.07) is 17.4. The molecule has 1 amide bonds. The van der Waals surface area contributed by atoms with E-state index < -0.39 is 0 Å². The monoisotopic (exact) mass is 391 g/mol. The lowest BCUT2D eigenvalue weighted by Crippen LogP contribution is -2.15. The minimum atomic E-state index is -0.0888. The lowest BCUT2D eigenvalue weighted by atomic mass is 10.1. The van der Waals surface area contributed by atoms with Crippen molar-refractivity contribution in [2.24, 2.45) is 0 Å². The zero-order chi connectivity index (χ0) is 20.6. The van der Waals surface area contributed by atoms with Gasteiger partial charge < -0.3 is 20.1 Å². The number of nitrogens with zero attached hydrogens (tertiary/aromatic N) is 1. The van der Waals surface area contributed by atoms with Gasteiger partial charge in [0.25, 0.3) is 0 Å². The average Bonchev–Trinajstić information content (AvgIpc) is 2.73. The summed E-state index contributed by atoms with van der Waals surface area (Å²) in [6.45, 7) is 2.62. The smallest absolute Gasteiger partial charge is 0.229 e. The van der Waals surface area contributed by atoms with Crippen LogP contribution in [0.15, 0.2) is 60.8 Å². The van der Waals surface area contributed by atoms with Gasteiger partial charge in [0, 0.05) is 6.54 Å². The Morgan fingerprint density at radius 3 is 2.48 bits per heavy atom. The number of ether oxygens (including phenoxy) is 2. The first-order chi connectivity index (χ1) is 14.1. The first-order valence-corrected chi connectivity index (χ1v) is 9.33. The van der Waals surface area contributed by atoms with E-state index in [4.69, 9.17) is 9.47 Å². The highest BCUT2D eigenvalue weighted by atomic mass is 16.5. The normalized spacial score (nSPS) is 10.3. The van der Waals surface area contributed by atoms with Gasteiger partial charge in [0.2, 0.25) is 5.91 Å². The molecular formula is C23H25N3O3. The highest BCUT2D eigenvalue weighted by molar-refractivity contribution is 5.91. The van der Waals surface area contributed by atoms with E-state index in [0.29, 0.717) is 30.3 Å². The van der Waals surface area contributed by atoms with E-state index in [1.165, 1.54) is 0 Å². The number of aryl methyl sites for hydroxylation is 1. The molecule has 2 N–H and O–H groups in total. The number of rotatable bonds is 8. The minimum absolute atomic E-state index is 0.0888. The van der Waals surface area contributed by atoms with E-state index in [-0.39, 0.29) is 5.91 Å². The Labute approximate surface area is 170 Å². The molecule has 0 saturated carbocycles. The van der Waals surface area contributed by atoms with E-state index >= 15 is 0 Å². The Morgan fingerprint density at radius 2 is 1.79 bits per heavy atom. The van der Waals surface area contributed by atoms with Gasteiger partial charge in [-0.2, -0.15) is 0 Å². The van der Waals surface area contributed by atoms with Crippen molar-refractivity contribution in [3.63, 3.8) is 0 Å². The number of carbonyl (C=O) groups excluding carboxylic acids is 1. The predicted molar refractivity (Wildman–Crippen MR) is 115 cm³/mol. The van der Waals surface area contributed by atoms with Crippen molar-refractivity contribution < 1.29 is 14.3 Å². The maximum atomic E-state index is 12.2. The number of hydrogen-bond acceptors (Lipinski definition) is 5. The average molecular weight is 391 g/mol. The van der Waals surface area contributed by atoms with Gasteiger partial charge in [-0.15, -0.1) is 0 Å². The predicted octanol–water partition coefficient (Wildman–Crippen LogP) is 4.20. The SMILES string of the molecule is COc1ccc(CNc2ccc(NC(=O)Cc3cccc(C)c3)nc2)cc1OC. The Balaban J connectivity index is 1.54. The molecule has 0 unspecified atom stereocenters. The summed E-state index contributed by atoms with van der Waals surface area (Å²) in [5, 5.41) is 6.14. The summed E-state index contributed by atoms with van der Waals surface area (Å²) < 4.78 is 10.6. The van der Waals surface area contributed by atoms with Crippen LogP contribution in [0.4, 0.5) is 11.5 Å². The molecule has 150 valence electrons. The zero-order valence-corrected chi connectivity index (χ0v) is 16.9. The number of methoxy groups -OCH3 is 2. The molecule has 1 aromatic heterocycles. The van der Waals surface area contributed by atoms with Crippen molar-refractivity contribution in [2.75, 3.05) is 24.9 Å². The summed E-state index contributed by atoms with van der Waals surface area (Å²) in [5.41, 5.74) is 4.03. The molecule has 29 heavy (non-hydrogen) atoms. The molecule has 0 aliphatic rings. The van der Waals surface area contributed by atoms with E-state index in [1.54, 1.807) is 26.5 Å². The molecule has 0 aliphatic heterocycles. The van der Waals surface area contributed by atoms with Gasteiger partial charge in [0.05, 0.1) is 32.5 Å². The van der Waals surface area contributed by atoms with Gasteiger partial charge in [-0.05, 0) is 42.3 Å². The fourth-order valence-corrected chi connectivity index (χ4v) is 2.96. The van der Waals surface area contributed by atoms with Crippen LogP contribution < -0.4 is 20.1 Å². The van der Waals surface area contributed by atoms with Gasteiger partial charge in [-0.1, -0.05) is 35.9 Å². The van der Waals surface area contributed by atoms with Crippen LogP contribution in [-0.2, 0) is 17.8 Å². The zero-order valence-electron chi connectivity index (χ0n) is 16.9. The highest BCUT2D eigenvalue weighted by Gasteiger charge is 2.07. The quantitative estimate of drug-likeness (QED) is 0.602. The molecule has 0 fully saturated rings. The number of benzene rings is 2.